The van der Waals surface area contributed by atoms with Crippen LogP contribution in [0.5, 0.6) is 5.75 Å². The van der Waals surface area contributed by atoms with Crippen molar-refractivity contribution in [1.82, 2.24) is 20.1 Å². The number of aryl methyl sites for hydroxylation is 1. The number of hydrogen-bond donors (Lipinski definition) is 2. The van der Waals surface area contributed by atoms with Gasteiger partial charge in [0, 0.05) is 25.1 Å². The van der Waals surface area contributed by atoms with Gasteiger partial charge < -0.3 is 10.1 Å². The van der Waals surface area contributed by atoms with Crippen LogP contribution in [0.25, 0.3) is 11.4 Å². The van der Waals surface area contributed by atoms with Crippen molar-refractivity contribution in [3.05, 3.63) is 64.4 Å². The number of H-pyrrole nitrogens is 1. The highest BCUT2D eigenvalue weighted by molar-refractivity contribution is 7.71. The van der Waals surface area contributed by atoms with Crippen molar-refractivity contribution in [1.29, 1.82) is 0 Å². The number of rotatable bonds is 8. The van der Waals surface area contributed by atoms with Crippen LogP contribution in [-0.4, -0.2) is 34.3 Å². The third-order valence-electron chi connectivity index (χ3n) is 4.53. The Morgan fingerprint density at radius 3 is 2.57 bits per heavy atom. The van der Waals surface area contributed by atoms with Crippen molar-refractivity contribution in [3.8, 4) is 17.1 Å². The molecule has 28 heavy (non-hydrogen) atoms. The lowest BCUT2D eigenvalue weighted by atomic mass is 10.1. The van der Waals surface area contributed by atoms with Crippen molar-refractivity contribution < 1.29 is 9.53 Å². The van der Waals surface area contributed by atoms with Gasteiger partial charge in [-0.15, -0.1) is 0 Å². The molecule has 0 spiro atoms. The van der Waals surface area contributed by atoms with Gasteiger partial charge in [0.2, 0.25) is 5.91 Å². The Balaban J connectivity index is 1.52. The van der Waals surface area contributed by atoms with Gasteiger partial charge in [-0.25, -0.2) is 0 Å². The van der Waals surface area contributed by atoms with Gasteiger partial charge in [0.05, 0.1) is 7.11 Å². The van der Waals surface area contributed by atoms with Crippen molar-refractivity contribution >= 4 is 18.1 Å². The minimum absolute atomic E-state index is 0.00790. The molecule has 0 radical (unpaired) electrons. The summed E-state index contributed by atoms with van der Waals surface area (Å²) in [4.78, 5) is 12.2. The van der Waals surface area contributed by atoms with Crippen LogP contribution in [0.15, 0.2) is 48.5 Å². The molecule has 146 valence electrons. The molecule has 1 amide bonds. The van der Waals surface area contributed by atoms with Gasteiger partial charge in [-0.3, -0.25) is 14.5 Å². The average Bonchev–Trinajstić information content (AvgIpc) is 3.08. The van der Waals surface area contributed by atoms with E-state index in [-0.39, 0.29) is 5.91 Å². The Hall–Kier alpha value is -2.93. The lowest BCUT2D eigenvalue weighted by molar-refractivity contribution is -0.121. The summed E-state index contributed by atoms with van der Waals surface area (Å²) in [6.45, 7) is 3.11. The molecule has 2 aromatic carbocycles. The highest BCUT2D eigenvalue weighted by Crippen LogP contribution is 2.18. The molecule has 0 atom stereocenters. The molecule has 0 aliphatic rings. The Morgan fingerprint density at radius 2 is 1.89 bits per heavy atom. The van der Waals surface area contributed by atoms with Gasteiger partial charge in [0.15, 0.2) is 10.6 Å². The van der Waals surface area contributed by atoms with Gasteiger partial charge >= 0.3 is 0 Å². The molecule has 0 fully saturated rings. The number of nitrogens with one attached hydrogen (secondary N) is 2. The minimum Gasteiger partial charge on any atom is -0.497 e. The van der Waals surface area contributed by atoms with E-state index >= 15 is 0 Å². The second kappa shape index (κ2) is 9.32. The zero-order valence-corrected chi connectivity index (χ0v) is 16.9. The molecule has 0 aliphatic carbocycles. The summed E-state index contributed by atoms with van der Waals surface area (Å²) in [6, 6.07) is 15.9. The van der Waals surface area contributed by atoms with Crippen molar-refractivity contribution in [2.24, 2.45) is 0 Å². The Bertz CT molecular complexity index is 975. The van der Waals surface area contributed by atoms with E-state index in [1.807, 2.05) is 60.0 Å². The summed E-state index contributed by atoms with van der Waals surface area (Å²) in [5.74, 6) is 1.57. The maximum atomic E-state index is 12.2. The number of aromatic nitrogens is 3. The maximum Gasteiger partial charge on any atom is 0.221 e. The number of carbonyl (C=O) groups is 1. The van der Waals surface area contributed by atoms with Crippen LogP contribution in [0, 0.1) is 11.7 Å². The number of benzene rings is 2. The zero-order chi connectivity index (χ0) is 19.9. The molecule has 0 bridgehead atoms. The molecule has 3 aromatic rings. The fraction of sp³-hybridized carbons (Fsp3) is 0.286. The summed E-state index contributed by atoms with van der Waals surface area (Å²) in [5.41, 5.74) is 3.30. The van der Waals surface area contributed by atoms with Crippen LogP contribution >= 0.6 is 12.2 Å². The van der Waals surface area contributed by atoms with Crippen molar-refractivity contribution in [3.63, 3.8) is 0 Å². The quantitative estimate of drug-likeness (QED) is 0.570. The summed E-state index contributed by atoms with van der Waals surface area (Å²) >= 11 is 5.33. The van der Waals surface area contributed by atoms with E-state index in [2.05, 4.69) is 15.5 Å². The molecule has 3 rings (SSSR count). The number of aromatic amines is 1. The average molecular weight is 397 g/mol. The number of carbonyl (C=O) groups excluding carboxylic acids is 1. The SMILES string of the molecule is COc1ccc(CCNC(=O)CCn2c(-c3ccc(C)cc3)n[nH]c2=S)cc1. The van der Waals surface area contributed by atoms with Gasteiger partial charge in [-0.1, -0.05) is 42.0 Å². The molecule has 2 N–H and O–H groups in total. The molecule has 1 aromatic heterocycles. The predicted molar refractivity (Wildman–Crippen MR) is 112 cm³/mol. The molecule has 1 heterocycles. The van der Waals surface area contributed by atoms with E-state index in [0.717, 1.165) is 29.1 Å². The second-order valence-corrected chi connectivity index (χ2v) is 6.95. The lowest BCUT2D eigenvalue weighted by Crippen LogP contribution is -2.26. The predicted octanol–water partition coefficient (Wildman–Crippen LogP) is 3.67. The molecule has 0 aliphatic heterocycles. The van der Waals surface area contributed by atoms with Crippen LogP contribution in [0.2, 0.25) is 0 Å². The van der Waals surface area contributed by atoms with Gasteiger partial charge in [-0.2, -0.15) is 5.10 Å². The first kappa shape index (κ1) is 19.8. The lowest BCUT2D eigenvalue weighted by Gasteiger charge is -2.09. The summed E-state index contributed by atoms with van der Waals surface area (Å²) in [5, 5.41) is 10.1. The third kappa shape index (κ3) is 5.07. The zero-order valence-electron chi connectivity index (χ0n) is 16.1. The molecule has 0 saturated heterocycles. The molecule has 7 heteroatoms. The van der Waals surface area contributed by atoms with Gasteiger partial charge in [0.25, 0.3) is 0 Å². The molecule has 6 nitrogen and oxygen atoms in total. The third-order valence-corrected chi connectivity index (χ3v) is 4.84. The number of ether oxygens (including phenoxy) is 1. The fourth-order valence-corrected chi connectivity index (χ4v) is 3.11. The van der Waals surface area contributed by atoms with Crippen LogP contribution in [0.4, 0.5) is 0 Å². The van der Waals surface area contributed by atoms with E-state index in [0.29, 0.717) is 24.3 Å². The normalized spacial score (nSPS) is 10.6. The first-order valence-corrected chi connectivity index (χ1v) is 9.59. The number of methoxy groups -OCH3 is 1. The van der Waals surface area contributed by atoms with E-state index in [9.17, 15) is 4.79 Å². The highest BCUT2D eigenvalue weighted by Gasteiger charge is 2.10. The van der Waals surface area contributed by atoms with E-state index in [1.165, 1.54) is 5.56 Å². The Kier molecular flexibility index (Phi) is 6.60. The van der Waals surface area contributed by atoms with Gasteiger partial charge in [-0.05, 0) is 43.3 Å². The van der Waals surface area contributed by atoms with Gasteiger partial charge in [0.1, 0.15) is 5.75 Å². The molecule has 0 unspecified atom stereocenters. The second-order valence-electron chi connectivity index (χ2n) is 6.57. The summed E-state index contributed by atoms with van der Waals surface area (Å²) in [7, 11) is 1.64. The smallest absolute Gasteiger partial charge is 0.221 e. The Morgan fingerprint density at radius 1 is 1.18 bits per heavy atom. The van der Waals surface area contributed by atoms with Crippen molar-refractivity contribution in [2.75, 3.05) is 13.7 Å². The monoisotopic (exact) mass is 396 g/mol. The highest BCUT2D eigenvalue weighted by atomic mass is 32.1. The van der Waals surface area contributed by atoms with E-state index in [4.69, 9.17) is 17.0 Å². The van der Waals surface area contributed by atoms with Crippen molar-refractivity contribution in [2.45, 2.75) is 26.3 Å². The number of hydrogen-bond acceptors (Lipinski definition) is 4. The minimum atomic E-state index is -0.00790. The van der Waals surface area contributed by atoms with Crippen LogP contribution in [-0.2, 0) is 17.8 Å². The molecular weight excluding hydrogens is 372 g/mol. The summed E-state index contributed by atoms with van der Waals surface area (Å²) < 4.78 is 7.53. The van der Waals surface area contributed by atoms with Crippen LogP contribution in [0.3, 0.4) is 0 Å². The molecule has 0 saturated carbocycles. The first-order chi connectivity index (χ1) is 13.6. The topological polar surface area (TPSA) is 71.9 Å². The fourth-order valence-electron chi connectivity index (χ4n) is 2.89. The molecular formula is C21H24N4O2S. The first-order valence-electron chi connectivity index (χ1n) is 9.18. The summed E-state index contributed by atoms with van der Waals surface area (Å²) in [6.07, 6.45) is 1.12. The standard InChI is InChI=1S/C21H24N4O2S/c1-15-3-7-17(8-4-15)20-23-24-21(28)25(20)14-12-19(26)22-13-11-16-5-9-18(27-2)10-6-16/h3-10H,11-14H2,1-2H3,(H,22,26)(H,24,28). The number of nitrogens with zero attached hydrogens (tertiary/aromatic N) is 2. The van der Waals surface area contributed by atoms with Crippen LogP contribution in [0.1, 0.15) is 17.5 Å². The Labute approximate surface area is 169 Å². The number of amides is 1. The van der Waals surface area contributed by atoms with E-state index < -0.39 is 0 Å². The van der Waals surface area contributed by atoms with E-state index in [1.54, 1.807) is 7.11 Å². The largest absolute Gasteiger partial charge is 0.497 e. The van der Waals surface area contributed by atoms with Crippen LogP contribution < -0.4 is 10.1 Å². The maximum absolute atomic E-state index is 12.2.